The minimum Gasteiger partial charge on any atom is -0.306 e. The minimum absolute atomic E-state index is 0.0982. The number of rotatable bonds is 2. The molecule has 0 fully saturated rings. The lowest BCUT2D eigenvalue weighted by atomic mass is 10.0. The Bertz CT molecular complexity index is 1280. The Morgan fingerprint density at radius 1 is 0.731 bits per heavy atom. The summed E-state index contributed by atoms with van der Waals surface area (Å²) in [5.74, 6) is 0. The molecule has 0 unspecified atom stereocenters. The van der Waals surface area contributed by atoms with Crippen LogP contribution in [0.1, 0.15) is 0 Å². The molecule has 4 nitrogen and oxygen atoms in total. The number of nitrogens with one attached hydrogen (secondary N) is 1. The average molecular weight is 337 g/mol. The van der Waals surface area contributed by atoms with Gasteiger partial charge >= 0.3 is 0 Å². The molecule has 2 aromatic heterocycles. The number of hydrogen-bond acceptors (Lipinski definition) is 2. The molecule has 26 heavy (non-hydrogen) atoms. The van der Waals surface area contributed by atoms with Gasteiger partial charge in [-0.25, -0.2) is 4.52 Å². The third kappa shape index (κ3) is 2.31. The third-order valence-electron chi connectivity index (χ3n) is 4.62. The van der Waals surface area contributed by atoms with Gasteiger partial charge in [0.05, 0.1) is 16.6 Å². The van der Waals surface area contributed by atoms with Gasteiger partial charge in [-0.15, -0.1) is 0 Å². The summed E-state index contributed by atoms with van der Waals surface area (Å²) in [4.78, 5) is 15.1. The van der Waals surface area contributed by atoms with Gasteiger partial charge in [-0.1, -0.05) is 66.7 Å². The first-order valence-electron chi connectivity index (χ1n) is 8.46. The monoisotopic (exact) mass is 337 g/mol. The van der Waals surface area contributed by atoms with E-state index < -0.39 is 0 Å². The number of hydrogen-bond donors (Lipinski definition) is 1. The van der Waals surface area contributed by atoms with Crippen molar-refractivity contribution in [3.8, 4) is 22.4 Å². The molecular weight excluding hydrogens is 322 g/mol. The van der Waals surface area contributed by atoms with Crippen LogP contribution in [0.25, 0.3) is 38.9 Å². The molecule has 0 aliphatic heterocycles. The van der Waals surface area contributed by atoms with Gasteiger partial charge in [0.25, 0.3) is 5.56 Å². The summed E-state index contributed by atoms with van der Waals surface area (Å²) in [6.45, 7) is 0. The lowest BCUT2D eigenvalue weighted by Crippen LogP contribution is -2.09. The molecule has 2 heterocycles. The van der Waals surface area contributed by atoms with E-state index in [9.17, 15) is 4.79 Å². The molecule has 0 saturated heterocycles. The molecule has 0 atom stereocenters. The topological polar surface area (TPSA) is 50.2 Å². The Labute approximate surface area is 149 Å². The van der Waals surface area contributed by atoms with Crippen LogP contribution in [0, 0.1) is 0 Å². The molecule has 0 spiro atoms. The number of H-pyrrole nitrogens is 1. The summed E-state index contributed by atoms with van der Waals surface area (Å²) in [6.07, 6.45) is 0. The maximum Gasteiger partial charge on any atom is 0.259 e. The van der Waals surface area contributed by atoms with Crippen LogP contribution >= 0.6 is 0 Å². The first-order chi connectivity index (χ1) is 12.8. The molecule has 3 aromatic carbocycles. The van der Waals surface area contributed by atoms with Crippen molar-refractivity contribution in [3.05, 3.63) is 95.3 Å². The Hall–Kier alpha value is -3.66. The average Bonchev–Trinajstić information content (AvgIpc) is 3.13. The maximum atomic E-state index is 12.2. The second-order valence-corrected chi connectivity index (χ2v) is 6.24. The Morgan fingerprint density at radius 3 is 2.19 bits per heavy atom. The SMILES string of the molecule is O=c1[nH]c2cc(-c3ccc(-c4ccccc4)cc3)nn2c2ccccc12. The van der Waals surface area contributed by atoms with E-state index in [1.807, 2.05) is 48.5 Å². The molecule has 0 bridgehead atoms. The van der Waals surface area contributed by atoms with Crippen LogP contribution in [0.5, 0.6) is 0 Å². The van der Waals surface area contributed by atoms with E-state index in [2.05, 4.69) is 41.4 Å². The van der Waals surface area contributed by atoms with Crippen LogP contribution in [0.4, 0.5) is 0 Å². The van der Waals surface area contributed by atoms with Crippen molar-refractivity contribution in [1.29, 1.82) is 0 Å². The summed E-state index contributed by atoms with van der Waals surface area (Å²) in [5, 5.41) is 5.33. The molecule has 5 aromatic rings. The quantitative estimate of drug-likeness (QED) is 0.515. The van der Waals surface area contributed by atoms with Crippen LogP contribution in [0.3, 0.4) is 0 Å². The number of aromatic nitrogens is 3. The lowest BCUT2D eigenvalue weighted by molar-refractivity contribution is 0.981. The normalized spacial score (nSPS) is 11.2. The summed E-state index contributed by atoms with van der Waals surface area (Å²) < 4.78 is 1.79. The maximum absolute atomic E-state index is 12.2. The molecule has 0 radical (unpaired) electrons. The largest absolute Gasteiger partial charge is 0.306 e. The van der Waals surface area contributed by atoms with Crippen molar-refractivity contribution in [2.24, 2.45) is 0 Å². The van der Waals surface area contributed by atoms with Crippen LogP contribution in [0.15, 0.2) is 89.7 Å². The van der Waals surface area contributed by atoms with Crippen molar-refractivity contribution >= 4 is 16.6 Å². The molecule has 124 valence electrons. The fourth-order valence-corrected chi connectivity index (χ4v) is 3.29. The highest BCUT2D eigenvalue weighted by Gasteiger charge is 2.09. The number of para-hydroxylation sites is 1. The van der Waals surface area contributed by atoms with Gasteiger partial charge in [0.2, 0.25) is 0 Å². The van der Waals surface area contributed by atoms with E-state index in [1.54, 1.807) is 4.52 Å². The van der Waals surface area contributed by atoms with Crippen LogP contribution in [0.2, 0.25) is 0 Å². The first kappa shape index (κ1) is 14.7. The van der Waals surface area contributed by atoms with Gasteiger partial charge in [0, 0.05) is 11.6 Å². The minimum atomic E-state index is -0.0982. The Balaban J connectivity index is 1.63. The summed E-state index contributed by atoms with van der Waals surface area (Å²) in [7, 11) is 0. The fraction of sp³-hybridized carbons (Fsp3) is 0. The van der Waals surface area contributed by atoms with E-state index in [4.69, 9.17) is 5.10 Å². The zero-order chi connectivity index (χ0) is 17.5. The van der Waals surface area contributed by atoms with Crippen molar-refractivity contribution in [2.75, 3.05) is 0 Å². The number of benzene rings is 3. The van der Waals surface area contributed by atoms with Crippen LogP contribution in [-0.4, -0.2) is 14.6 Å². The van der Waals surface area contributed by atoms with E-state index in [-0.39, 0.29) is 5.56 Å². The molecular formula is C22H15N3O. The van der Waals surface area contributed by atoms with E-state index in [0.717, 1.165) is 22.3 Å². The molecule has 1 N–H and O–H groups in total. The molecule has 0 amide bonds. The zero-order valence-electron chi connectivity index (χ0n) is 13.9. The highest BCUT2D eigenvalue weighted by atomic mass is 16.1. The zero-order valence-corrected chi connectivity index (χ0v) is 13.9. The molecule has 5 rings (SSSR count). The van der Waals surface area contributed by atoms with E-state index in [1.165, 1.54) is 5.56 Å². The highest BCUT2D eigenvalue weighted by Crippen LogP contribution is 2.25. The van der Waals surface area contributed by atoms with Gasteiger partial charge in [-0.05, 0) is 23.3 Å². The second-order valence-electron chi connectivity index (χ2n) is 6.24. The van der Waals surface area contributed by atoms with E-state index >= 15 is 0 Å². The van der Waals surface area contributed by atoms with Gasteiger partial charge in [0.1, 0.15) is 5.65 Å². The van der Waals surface area contributed by atoms with Gasteiger partial charge in [-0.3, -0.25) is 4.79 Å². The second kappa shape index (κ2) is 5.70. The van der Waals surface area contributed by atoms with Crippen molar-refractivity contribution in [2.45, 2.75) is 0 Å². The summed E-state index contributed by atoms with van der Waals surface area (Å²) in [6, 6.07) is 28.0. The molecule has 0 aliphatic carbocycles. The predicted octanol–water partition coefficient (Wildman–Crippen LogP) is 4.51. The van der Waals surface area contributed by atoms with Crippen LogP contribution in [-0.2, 0) is 0 Å². The lowest BCUT2D eigenvalue weighted by Gasteiger charge is -2.02. The van der Waals surface area contributed by atoms with Crippen LogP contribution < -0.4 is 5.56 Å². The number of aromatic amines is 1. The van der Waals surface area contributed by atoms with Gasteiger partial charge < -0.3 is 4.98 Å². The highest BCUT2D eigenvalue weighted by molar-refractivity contribution is 5.81. The van der Waals surface area contributed by atoms with E-state index in [0.29, 0.717) is 11.0 Å². The Morgan fingerprint density at radius 2 is 1.38 bits per heavy atom. The Kier molecular flexibility index (Phi) is 3.22. The fourth-order valence-electron chi connectivity index (χ4n) is 3.29. The van der Waals surface area contributed by atoms with Crippen molar-refractivity contribution in [3.63, 3.8) is 0 Å². The molecule has 0 saturated carbocycles. The summed E-state index contributed by atoms with van der Waals surface area (Å²) in [5.41, 5.74) is 5.59. The molecule has 4 heteroatoms. The first-order valence-corrected chi connectivity index (χ1v) is 8.46. The third-order valence-corrected chi connectivity index (χ3v) is 4.62. The standard InChI is InChI=1S/C22H15N3O/c26-22-18-8-4-5-9-20(18)25-21(23-22)14-19(24-25)17-12-10-16(11-13-17)15-6-2-1-3-7-15/h1-14H,(H,23,26). The van der Waals surface area contributed by atoms with Gasteiger partial charge in [-0.2, -0.15) is 5.10 Å². The van der Waals surface area contributed by atoms with Crippen molar-refractivity contribution in [1.82, 2.24) is 14.6 Å². The smallest absolute Gasteiger partial charge is 0.259 e. The summed E-state index contributed by atoms with van der Waals surface area (Å²) >= 11 is 0. The molecule has 0 aliphatic rings. The van der Waals surface area contributed by atoms with Crippen molar-refractivity contribution < 1.29 is 0 Å². The number of nitrogens with zero attached hydrogens (tertiary/aromatic N) is 2. The number of fused-ring (bicyclic) bond motifs is 3. The predicted molar refractivity (Wildman–Crippen MR) is 104 cm³/mol. The van der Waals surface area contributed by atoms with Gasteiger partial charge in [0.15, 0.2) is 0 Å².